The summed E-state index contributed by atoms with van der Waals surface area (Å²) in [7, 11) is -3.77. The van der Waals surface area contributed by atoms with Gasteiger partial charge in [-0.2, -0.15) is 13.2 Å². The Morgan fingerprint density at radius 3 is 2.26 bits per heavy atom. The van der Waals surface area contributed by atoms with Gasteiger partial charge in [-0.1, -0.05) is 36.3 Å². The predicted molar refractivity (Wildman–Crippen MR) is 136 cm³/mol. The summed E-state index contributed by atoms with van der Waals surface area (Å²) in [4.78, 5) is 30.8. The third-order valence-corrected chi connectivity index (χ3v) is 8.31. The first-order valence-electron chi connectivity index (χ1n) is 11.4. The summed E-state index contributed by atoms with van der Waals surface area (Å²) in [6, 6.07) is 8.52. The van der Waals surface area contributed by atoms with Crippen molar-refractivity contribution in [3.8, 4) is 10.4 Å². The average molecular weight is 571 g/mol. The first-order chi connectivity index (χ1) is 17.8. The second kappa shape index (κ2) is 11.9. The predicted octanol–water partition coefficient (Wildman–Crippen LogP) is 5.38. The van der Waals surface area contributed by atoms with Crippen molar-refractivity contribution in [3.63, 3.8) is 0 Å². The Kier molecular flexibility index (Phi) is 9.09. The molecule has 1 aliphatic rings. The van der Waals surface area contributed by atoms with Gasteiger partial charge in [0.1, 0.15) is 0 Å². The Balaban J connectivity index is 0.000000505. The molecule has 3 N–H and O–H groups in total. The number of amides is 1. The number of pyridine rings is 1. The minimum absolute atomic E-state index is 0.0199. The average Bonchev–Trinajstić information content (AvgIpc) is 3.50. The fourth-order valence-corrected chi connectivity index (χ4v) is 6.07. The quantitative estimate of drug-likeness (QED) is 0.361. The van der Waals surface area contributed by atoms with E-state index in [-0.39, 0.29) is 16.7 Å². The van der Waals surface area contributed by atoms with Crippen molar-refractivity contribution in [3.05, 3.63) is 54.0 Å². The van der Waals surface area contributed by atoms with Gasteiger partial charge in [-0.05, 0) is 56.0 Å². The lowest BCUT2D eigenvalue weighted by atomic mass is 10.1. The number of alkyl halides is 3. The second-order valence-corrected chi connectivity index (χ2v) is 11.2. The maximum Gasteiger partial charge on any atom is 0.490 e. The van der Waals surface area contributed by atoms with Gasteiger partial charge in [0.05, 0.1) is 21.2 Å². The molecule has 38 heavy (non-hydrogen) atoms. The van der Waals surface area contributed by atoms with Crippen LogP contribution in [0.3, 0.4) is 0 Å². The molecule has 0 radical (unpaired) electrons. The molecule has 14 heteroatoms. The van der Waals surface area contributed by atoms with Crippen molar-refractivity contribution in [1.82, 2.24) is 9.97 Å². The van der Waals surface area contributed by atoms with E-state index in [9.17, 15) is 26.4 Å². The SMILES string of the molecule is Cc1ccc(-c2sc(NC(=O)C3CCCC3)nc2C)cc1S(=O)(=O)Nc1ccncc1.O=C(O)C(F)(F)F. The highest BCUT2D eigenvalue weighted by atomic mass is 32.2. The Morgan fingerprint density at radius 1 is 1.08 bits per heavy atom. The highest BCUT2D eigenvalue weighted by Crippen LogP contribution is 2.36. The molecule has 1 fully saturated rings. The number of benzene rings is 1. The molecular weight excluding hydrogens is 545 g/mol. The smallest absolute Gasteiger partial charge is 0.475 e. The van der Waals surface area contributed by atoms with E-state index in [1.165, 1.54) is 23.7 Å². The van der Waals surface area contributed by atoms with Gasteiger partial charge < -0.3 is 10.4 Å². The maximum atomic E-state index is 13.0. The second-order valence-electron chi connectivity index (χ2n) is 8.53. The Labute approximate surface area is 221 Å². The normalized spacial score (nSPS) is 13.9. The number of thiazole rings is 1. The van der Waals surface area contributed by atoms with E-state index >= 15 is 0 Å². The van der Waals surface area contributed by atoms with Crippen molar-refractivity contribution in [1.29, 1.82) is 0 Å². The van der Waals surface area contributed by atoms with Gasteiger partial charge in [-0.15, -0.1) is 0 Å². The molecule has 0 atom stereocenters. The zero-order valence-corrected chi connectivity index (χ0v) is 22.0. The number of carboxylic acids is 1. The van der Waals surface area contributed by atoms with Crippen molar-refractivity contribution < 1.29 is 36.3 Å². The molecular formula is C24H25F3N4O5S2. The monoisotopic (exact) mass is 570 g/mol. The van der Waals surface area contributed by atoms with Crippen molar-refractivity contribution in [2.75, 3.05) is 10.0 Å². The molecule has 0 aliphatic heterocycles. The zero-order valence-electron chi connectivity index (χ0n) is 20.4. The third-order valence-electron chi connectivity index (χ3n) is 5.67. The number of carboxylic acid groups (broad SMARTS) is 1. The number of aliphatic carboxylic acids is 1. The number of nitrogens with zero attached hydrogens (tertiary/aromatic N) is 2. The molecule has 1 amide bonds. The molecule has 0 spiro atoms. The number of sulfonamides is 1. The van der Waals surface area contributed by atoms with E-state index in [0.717, 1.165) is 41.8 Å². The number of carbonyl (C=O) groups is 2. The molecule has 0 saturated heterocycles. The highest BCUT2D eigenvalue weighted by molar-refractivity contribution is 7.92. The summed E-state index contributed by atoms with van der Waals surface area (Å²) in [5, 5.41) is 10.6. The Morgan fingerprint density at radius 2 is 1.68 bits per heavy atom. The van der Waals surface area contributed by atoms with Gasteiger partial charge in [-0.25, -0.2) is 18.2 Å². The number of rotatable bonds is 6. The van der Waals surface area contributed by atoms with Crippen LogP contribution in [0.25, 0.3) is 10.4 Å². The fraction of sp³-hybridized carbons (Fsp3) is 0.333. The molecule has 0 bridgehead atoms. The first-order valence-corrected chi connectivity index (χ1v) is 13.7. The Bertz CT molecular complexity index is 1400. The van der Waals surface area contributed by atoms with Crippen molar-refractivity contribution in [2.45, 2.75) is 50.6 Å². The molecule has 1 saturated carbocycles. The third kappa shape index (κ3) is 7.51. The fourth-order valence-electron chi connectivity index (χ4n) is 3.77. The molecule has 2 aromatic heterocycles. The molecule has 1 aliphatic carbocycles. The lowest BCUT2D eigenvalue weighted by molar-refractivity contribution is -0.192. The van der Waals surface area contributed by atoms with Crippen LogP contribution >= 0.6 is 11.3 Å². The van der Waals surface area contributed by atoms with Crippen LogP contribution in [0.5, 0.6) is 0 Å². The number of hydrogen-bond donors (Lipinski definition) is 3. The topological polar surface area (TPSA) is 138 Å². The first kappa shape index (κ1) is 29.0. The molecule has 2 heterocycles. The van der Waals surface area contributed by atoms with Crippen LogP contribution < -0.4 is 10.0 Å². The van der Waals surface area contributed by atoms with Crippen LogP contribution in [-0.2, 0) is 19.6 Å². The van der Waals surface area contributed by atoms with Crippen LogP contribution in [-0.4, -0.2) is 41.5 Å². The van der Waals surface area contributed by atoms with E-state index in [1.54, 1.807) is 31.2 Å². The van der Waals surface area contributed by atoms with Crippen LogP contribution in [0.4, 0.5) is 24.0 Å². The minimum atomic E-state index is -5.08. The van der Waals surface area contributed by atoms with Crippen LogP contribution in [0.15, 0.2) is 47.6 Å². The number of aromatic nitrogens is 2. The van der Waals surface area contributed by atoms with Crippen LogP contribution in [0.1, 0.15) is 36.9 Å². The van der Waals surface area contributed by atoms with E-state index in [0.29, 0.717) is 16.4 Å². The van der Waals surface area contributed by atoms with Gasteiger partial charge >= 0.3 is 12.1 Å². The number of carbonyl (C=O) groups excluding carboxylic acids is 1. The molecule has 0 unspecified atom stereocenters. The lowest BCUT2D eigenvalue weighted by Crippen LogP contribution is -2.21. The van der Waals surface area contributed by atoms with Gasteiger partial charge in [-0.3, -0.25) is 14.5 Å². The van der Waals surface area contributed by atoms with Crippen LogP contribution in [0.2, 0.25) is 0 Å². The van der Waals surface area contributed by atoms with E-state index in [2.05, 4.69) is 20.0 Å². The van der Waals surface area contributed by atoms with E-state index in [4.69, 9.17) is 9.90 Å². The maximum absolute atomic E-state index is 13.0. The van der Waals surface area contributed by atoms with Crippen molar-refractivity contribution in [2.24, 2.45) is 5.92 Å². The van der Waals surface area contributed by atoms with E-state index in [1.807, 2.05) is 13.0 Å². The summed E-state index contributed by atoms with van der Waals surface area (Å²) in [5.74, 6) is -2.68. The summed E-state index contributed by atoms with van der Waals surface area (Å²) < 4.78 is 60.3. The lowest BCUT2D eigenvalue weighted by Gasteiger charge is -2.11. The Hall–Kier alpha value is -3.52. The standard InChI is InChI=1S/C22H24N4O3S2.C2HF3O2/c1-14-7-8-17(13-19(14)31(28,29)26-18-9-11-23-12-10-18)20-15(2)24-22(30-20)25-21(27)16-5-3-4-6-16;3-2(4,5)1(6)7/h7-13,16H,3-6H2,1-2H3,(H,23,26)(H,24,25,27);(H,6,7). The largest absolute Gasteiger partial charge is 0.490 e. The van der Waals surface area contributed by atoms with Crippen LogP contribution in [0, 0.1) is 19.8 Å². The van der Waals surface area contributed by atoms with Gasteiger partial charge in [0, 0.05) is 18.3 Å². The number of aryl methyl sites for hydroxylation is 2. The molecule has 1 aromatic carbocycles. The number of nitrogens with one attached hydrogen (secondary N) is 2. The summed E-state index contributed by atoms with van der Waals surface area (Å²) in [6.07, 6.45) is 2.01. The molecule has 3 aromatic rings. The summed E-state index contributed by atoms with van der Waals surface area (Å²) in [5.41, 5.74) is 2.59. The summed E-state index contributed by atoms with van der Waals surface area (Å²) >= 11 is 1.36. The molecule has 204 valence electrons. The van der Waals surface area contributed by atoms with E-state index < -0.39 is 22.2 Å². The zero-order chi connectivity index (χ0) is 28.1. The molecule has 9 nitrogen and oxygen atoms in total. The number of anilines is 2. The highest BCUT2D eigenvalue weighted by Gasteiger charge is 2.38. The van der Waals surface area contributed by atoms with Gasteiger partial charge in [0.25, 0.3) is 10.0 Å². The van der Waals surface area contributed by atoms with Crippen molar-refractivity contribution >= 4 is 44.1 Å². The van der Waals surface area contributed by atoms with Gasteiger partial charge in [0.15, 0.2) is 5.13 Å². The number of halogens is 3. The molecule has 4 rings (SSSR count). The summed E-state index contributed by atoms with van der Waals surface area (Å²) in [6.45, 7) is 3.62. The number of hydrogen-bond acceptors (Lipinski definition) is 7. The van der Waals surface area contributed by atoms with Gasteiger partial charge in [0.2, 0.25) is 5.91 Å². The minimum Gasteiger partial charge on any atom is -0.475 e.